The third-order valence-electron chi connectivity index (χ3n) is 0.211. The summed E-state index contributed by atoms with van der Waals surface area (Å²) in [6.45, 7) is 0. The van der Waals surface area contributed by atoms with Crippen LogP contribution in [0.2, 0.25) is 0 Å². The van der Waals surface area contributed by atoms with Gasteiger partial charge in [0.25, 0.3) is 0 Å². The van der Waals surface area contributed by atoms with Gasteiger partial charge in [-0.3, -0.25) is 4.79 Å². The minimum atomic E-state index is -1.60. The smallest absolute Gasteiger partial charge is 0.394 e. The Morgan fingerprint density at radius 1 is 1.25 bits per heavy atom. The zero-order valence-electron chi connectivity index (χ0n) is 3.66. The molecule has 0 atom stereocenters. The second kappa shape index (κ2) is 6.52. The highest BCUT2D eigenvalue weighted by atomic mass is 35.5. The Bertz CT molecular complexity index is 81.3. The number of carboxylic acids is 1. The van der Waals surface area contributed by atoms with Crippen molar-refractivity contribution < 1.29 is 14.7 Å². The fourth-order valence-corrected chi connectivity index (χ4v) is 0. The molecule has 0 heterocycles. The minimum absolute atomic E-state index is 0. The van der Waals surface area contributed by atoms with E-state index in [1.165, 1.54) is 0 Å². The highest BCUT2D eigenvalue weighted by molar-refractivity contribution is 6.30. The van der Waals surface area contributed by atoms with Crippen molar-refractivity contribution in [3.8, 4) is 0 Å². The van der Waals surface area contributed by atoms with Gasteiger partial charge in [-0.1, -0.05) is 0 Å². The van der Waals surface area contributed by atoms with Crippen molar-refractivity contribution in [2.24, 2.45) is 5.73 Å². The summed E-state index contributed by atoms with van der Waals surface area (Å²) in [5, 5.41) is 7.52. The molecule has 0 saturated heterocycles. The molecule has 0 aliphatic carbocycles. The molecule has 0 aromatic rings. The van der Waals surface area contributed by atoms with Crippen LogP contribution in [0.3, 0.4) is 0 Å². The van der Waals surface area contributed by atoms with E-state index in [4.69, 9.17) is 5.11 Å². The number of nitrogens with two attached hydrogens (primary N) is 1. The van der Waals surface area contributed by atoms with E-state index >= 15 is 0 Å². The predicted octanol–water partition coefficient (Wildman–Crippen LogP) is -0.600. The summed E-state index contributed by atoms with van der Waals surface area (Å²) in [6, 6.07) is 0. The molecule has 8 heavy (non-hydrogen) atoms. The molecule has 0 spiro atoms. The van der Waals surface area contributed by atoms with Gasteiger partial charge in [0.2, 0.25) is 0 Å². The van der Waals surface area contributed by atoms with Crippen LogP contribution in [0.1, 0.15) is 0 Å². The first kappa shape index (κ1) is 15.6. The number of hydrogen-bond donors (Lipinski definition) is 2. The van der Waals surface area contributed by atoms with Crippen molar-refractivity contribution in [2.75, 3.05) is 0 Å². The van der Waals surface area contributed by atoms with Gasteiger partial charge in [0.05, 0.1) is 0 Å². The van der Waals surface area contributed by atoms with E-state index in [1.807, 2.05) is 0 Å². The number of halogens is 2. The molecule has 0 aliphatic heterocycles. The van der Waals surface area contributed by atoms with E-state index in [2.05, 4.69) is 5.73 Å². The van der Waals surface area contributed by atoms with Crippen LogP contribution in [0.4, 0.5) is 0 Å². The van der Waals surface area contributed by atoms with Crippen molar-refractivity contribution >= 4 is 36.7 Å². The lowest BCUT2D eigenvalue weighted by atomic mass is 10.7. The average molecular weight is 162 g/mol. The second-order valence-electron chi connectivity index (χ2n) is 0.669. The van der Waals surface area contributed by atoms with Crippen LogP contribution in [0, 0.1) is 0 Å². The molecule has 6 heteroatoms. The fourth-order valence-electron chi connectivity index (χ4n) is 0. The highest BCUT2D eigenvalue weighted by Crippen LogP contribution is 1.51. The maximum Gasteiger partial charge on any atom is 0.394 e. The summed E-state index contributed by atoms with van der Waals surface area (Å²) in [4.78, 5) is 18.5. The molecule has 0 fully saturated rings. The summed E-state index contributed by atoms with van der Waals surface area (Å²) in [6.07, 6.45) is 0. The number of aliphatic carboxylic acids is 1. The van der Waals surface area contributed by atoms with Crippen molar-refractivity contribution in [2.45, 2.75) is 0 Å². The van der Waals surface area contributed by atoms with E-state index in [9.17, 15) is 9.59 Å². The first-order chi connectivity index (χ1) is 2.64. The number of carbonyl (C=O) groups excluding carboxylic acids is 1. The van der Waals surface area contributed by atoms with E-state index in [0.717, 1.165) is 0 Å². The van der Waals surface area contributed by atoms with Crippen LogP contribution in [0.5, 0.6) is 0 Å². The van der Waals surface area contributed by atoms with Crippen LogP contribution in [0.25, 0.3) is 0 Å². The topological polar surface area (TPSA) is 80.4 Å². The van der Waals surface area contributed by atoms with Crippen molar-refractivity contribution in [3.63, 3.8) is 0 Å². The molecule has 0 aliphatic rings. The average Bonchev–Trinajstić information content (AvgIpc) is 1.36. The Balaban J connectivity index is -0.000000125. The van der Waals surface area contributed by atoms with Gasteiger partial charge in [-0.15, -0.1) is 24.8 Å². The highest BCUT2D eigenvalue weighted by Gasteiger charge is 2.00. The first-order valence-corrected chi connectivity index (χ1v) is 1.17. The normalized spacial score (nSPS) is 5.50. The van der Waals surface area contributed by atoms with Crippen LogP contribution in [-0.4, -0.2) is 17.0 Å². The molecule has 0 rings (SSSR count). The number of rotatable bonds is 0. The molecule has 0 unspecified atom stereocenters. The van der Waals surface area contributed by atoms with Crippen LogP contribution in [0.15, 0.2) is 0 Å². The zero-order valence-corrected chi connectivity index (χ0v) is 5.29. The second-order valence-corrected chi connectivity index (χ2v) is 0.669. The summed E-state index contributed by atoms with van der Waals surface area (Å²) in [5.41, 5.74) is 4.20. The quantitative estimate of drug-likeness (QED) is 0.466. The molecular weight excluding hydrogens is 157 g/mol. The Labute approximate surface area is 57.9 Å². The Kier molecular flexibility index (Phi) is 12.8. The number of carboxylic acid groups (broad SMARTS) is 1. The molecule has 3 N–H and O–H groups in total. The molecule has 1 amide bonds. The van der Waals surface area contributed by atoms with Crippen LogP contribution >= 0.6 is 24.8 Å². The Morgan fingerprint density at radius 3 is 1.38 bits per heavy atom. The van der Waals surface area contributed by atoms with Gasteiger partial charge in [0.15, 0.2) is 0 Å². The molecule has 50 valence electrons. The third-order valence-corrected chi connectivity index (χ3v) is 0.211. The lowest BCUT2D eigenvalue weighted by molar-refractivity contribution is -0.148. The van der Waals surface area contributed by atoms with Gasteiger partial charge in [-0.25, -0.2) is 4.79 Å². The van der Waals surface area contributed by atoms with Gasteiger partial charge in [0.1, 0.15) is 0 Å². The summed E-state index contributed by atoms with van der Waals surface area (Å²) in [5.74, 6) is -2.93. The number of hydrogen-bond acceptors (Lipinski definition) is 2. The standard InChI is InChI=1S/C2H3NO3.2ClH/c3-1(4)2(5)6;;/h(H2,3,4)(H,5,6);2*1H. The van der Waals surface area contributed by atoms with Gasteiger partial charge in [-0.05, 0) is 0 Å². The zero-order chi connectivity index (χ0) is 5.15. The maximum atomic E-state index is 9.32. The SMILES string of the molecule is Cl.Cl.NC(=O)C(=O)O. The predicted molar refractivity (Wildman–Crippen MR) is 31.3 cm³/mol. The van der Waals surface area contributed by atoms with Gasteiger partial charge < -0.3 is 10.8 Å². The maximum absolute atomic E-state index is 9.32. The molecule has 0 radical (unpaired) electrons. The van der Waals surface area contributed by atoms with E-state index < -0.39 is 11.9 Å². The van der Waals surface area contributed by atoms with Crippen molar-refractivity contribution in [1.29, 1.82) is 0 Å². The minimum Gasteiger partial charge on any atom is -0.474 e. The fraction of sp³-hybridized carbons (Fsp3) is 0. The number of carbonyl (C=O) groups is 2. The van der Waals surface area contributed by atoms with Crippen LogP contribution < -0.4 is 5.73 Å². The van der Waals surface area contributed by atoms with Gasteiger partial charge >= 0.3 is 11.9 Å². The molecule has 0 aromatic carbocycles. The van der Waals surface area contributed by atoms with E-state index in [1.54, 1.807) is 0 Å². The Hall–Kier alpha value is -0.480. The summed E-state index contributed by atoms with van der Waals surface area (Å²) >= 11 is 0. The van der Waals surface area contributed by atoms with Gasteiger partial charge in [-0.2, -0.15) is 0 Å². The number of primary amides is 1. The Morgan fingerprint density at radius 2 is 1.38 bits per heavy atom. The largest absolute Gasteiger partial charge is 0.474 e. The molecule has 0 aromatic heterocycles. The monoisotopic (exact) mass is 161 g/mol. The molecule has 0 bridgehead atoms. The van der Waals surface area contributed by atoms with E-state index in [0.29, 0.717) is 0 Å². The van der Waals surface area contributed by atoms with Crippen molar-refractivity contribution in [3.05, 3.63) is 0 Å². The molecule has 0 saturated carbocycles. The third kappa shape index (κ3) is 9.10. The molecule has 4 nitrogen and oxygen atoms in total. The van der Waals surface area contributed by atoms with Crippen molar-refractivity contribution in [1.82, 2.24) is 0 Å². The first-order valence-electron chi connectivity index (χ1n) is 1.17. The van der Waals surface area contributed by atoms with E-state index in [-0.39, 0.29) is 24.8 Å². The lowest BCUT2D eigenvalue weighted by Gasteiger charge is -1.74. The summed E-state index contributed by atoms with van der Waals surface area (Å²) in [7, 11) is 0. The lowest BCUT2D eigenvalue weighted by Crippen LogP contribution is -2.21. The van der Waals surface area contributed by atoms with Crippen LogP contribution in [-0.2, 0) is 9.59 Å². The summed E-state index contributed by atoms with van der Waals surface area (Å²) < 4.78 is 0. The molecular formula is C2H5Cl2NO3. The number of amides is 1. The van der Waals surface area contributed by atoms with Gasteiger partial charge in [0, 0.05) is 0 Å².